The van der Waals surface area contributed by atoms with Gasteiger partial charge in [0.25, 0.3) is 5.56 Å². The van der Waals surface area contributed by atoms with E-state index in [9.17, 15) is 14.4 Å². The molecule has 0 aliphatic carbocycles. The van der Waals surface area contributed by atoms with E-state index in [0.29, 0.717) is 16.3 Å². The van der Waals surface area contributed by atoms with Crippen LogP contribution in [0.15, 0.2) is 45.1 Å². The second-order valence-corrected chi connectivity index (χ2v) is 7.39. The summed E-state index contributed by atoms with van der Waals surface area (Å²) in [7, 11) is 4.75. The van der Waals surface area contributed by atoms with Crippen LogP contribution in [-0.2, 0) is 25.9 Å². The number of anilines is 1. The Bertz CT molecular complexity index is 1390. The Balaban J connectivity index is 1.53. The van der Waals surface area contributed by atoms with Crippen LogP contribution >= 0.6 is 11.8 Å². The Morgan fingerprint density at radius 2 is 1.83 bits per heavy atom. The van der Waals surface area contributed by atoms with Crippen LogP contribution in [0.5, 0.6) is 0 Å². The minimum Gasteiger partial charge on any atom is -0.327 e. The third-order valence-electron chi connectivity index (χ3n) is 4.61. The molecule has 0 aliphatic heterocycles. The SMILES string of the molecule is Cn1c(NC(=O)CSc2nnc3c4ccccc4n(C)c3n2)cc(=O)n(C)c1=O. The van der Waals surface area contributed by atoms with Gasteiger partial charge in [-0.3, -0.25) is 18.7 Å². The first-order valence-corrected chi connectivity index (χ1v) is 9.63. The van der Waals surface area contributed by atoms with Gasteiger partial charge in [0, 0.05) is 32.6 Å². The maximum atomic E-state index is 12.3. The molecule has 10 nitrogen and oxygen atoms in total. The second kappa shape index (κ2) is 7.17. The van der Waals surface area contributed by atoms with Gasteiger partial charge in [0.1, 0.15) is 11.3 Å². The largest absolute Gasteiger partial charge is 0.332 e. The molecule has 29 heavy (non-hydrogen) atoms. The summed E-state index contributed by atoms with van der Waals surface area (Å²) in [6.07, 6.45) is 0. The van der Waals surface area contributed by atoms with Gasteiger partial charge in [-0.25, -0.2) is 9.78 Å². The Labute approximate surface area is 168 Å². The topological polar surface area (TPSA) is 117 Å². The van der Waals surface area contributed by atoms with Crippen molar-refractivity contribution in [1.82, 2.24) is 28.9 Å². The van der Waals surface area contributed by atoms with Gasteiger partial charge >= 0.3 is 5.69 Å². The average Bonchev–Trinajstić information content (AvgIpc) is 3.01. The molecule has 3 heterocycles. The van der Waals surface area contributed by atoms with Crippen molar-refractivity contribution in [2.45, 2.75) is 5.16 Å². The van der Waals surface area contributed by atoms with E-state index in [1.807, 2.05) is 35.9 Å². The van der Waals surface area contributed by atoms with Crippen LogP contribution < -0.4 is 16.6 Å². The highest BCUT2D eigenvalue weighted by Gasteiger charge is 2.14. The fraction of sp³-hybridized carbons (Fsp3) is 0.222. The molecule has 148 valence electrons. The summed E-state index contributed by atoms with van der Waals surface area (Å²) in [5, 5.41) is 12.3. The van der Waals surface area contributed by atoms with E-state index in [1.165, 1.54) is 24.7 Å². The molecule has 0 saturated heterocycles. The van der Waals surface area contributed by atoms with Crippen LogP contribution in [0, 0.1) is 0 Å². The van der Waals surface area contributed by atoms with Gasteiger partial charge in [0.15, 0.2) is 5.65 Å². The number of thioether (sulfide) groups is 1. The van der Waals surface area contributed by atoms with Crippen molar-refractivity contribution in [3.8, 4) is 0 Å². The van der Waals surface area contributed by atoms with Crippen molar-refractivity contribution in [2.24, 2.45) is 21.1 Å². The first kappa shape index (κ1) is 18.9. The molecule has 0 unspecified atom stereocenters. The number of benzene rings is 1. The number of nitrogens with zero attached hydrogens (tertiary/aromatic N) is 6. The van der Waals surface area contributed by atoms with Gasteiger partial charge in [-0.2, -0.15) is 0 Å². The van der Waals surface area contributed by atoms with Crippen molar-refractivity contribution in [2.75, 3.05) is 11.1 Å². The summed E-state index contributed by atoms with van der Waals surface area (Å²) in [5.74, 6) is -0.258. The molecule has 1 aromatic carbocycles. The van der Waals surface area contributed by atoms with E-state index >= 15 is 0 Å². The number of carbonyl (C=O) groups excluding carboxylic acids is 1. The summed E-state index contributed by atoms with van der Waals surface area (Å²) < 4.78 is 4.09. The van der Waals surface area contributed by atoms with Crippen LogP contribution in [0.3, 0.4) is 0 Å². The first-order chi connectivity index (χ1) is 13.9. The summed E-state index contributed by atoms with van der Waals surface area (Å²) in [6, 6.07) is 9.01. The van der Waals surface area contributed by atoms with Gasteiger partial charge in [-0.1, -0.05) is 30.0 Å². The standard InChI is InChI=1S/C18H17N7O3S/c1-23-11-7-5-4-6-10(11)15-16(23)20-17(22-21-15)29-9-13(26)19-12-8-14(27)25(3)18(28)24(12)2/h4-8H,9H2,1-3H3,(H,19,26). The molecule has 1 N–H and O–H groups in total. The summed E-state index contributed by atoms with van der Waals surface area (Å²) in [6.45, 7) is 0. The third-order valence-corrected chi connectivity index (χ3v) is 5.45. The van der Waals surface area contributed by atoms with Crippen molar-refractivity contribution in [1.29, 1.82) is 0 Å². The van der Waals surface area contributed by atoms with Crippen LogP contribution in [0.25, 0.3) is 22.1 Å². The summed E-state index contributed by atoms with van der Waals surface area (Å²) in [4.78, 5) is 40.5. The van der Waals surface area contributed by atoms with Crippen molar-refractivity contribution in [3.05, 3.63) is 51.2 Å². The lowest BCUT2D eigenvalue weighted by Gasteiger charge is -2.10. The molecule has 11 heteroatoms. The van der Waals surface area contributed by atoms with Crippen molar-refractivity contribution in [3.63, 3.8) is 0 Å². The Kier molecular flexibility index (Phi) is 4.66. The van der Waals surface area contributed by atoms with Gasteiger partial charge in [0.2, 0.25) is 11.1 Å². The lowest BCUT2D eigenvalue weighted by molar-refractivity contribution is -0.113. The zero-order chi connectivity index (χ0) is 20.7. The lowest BCUT2D eigenvalue weighted by Crippen LogP contribution is -2.38. The number of fused-ring (bicyclic) bond motifs is 3. The number of hydrogen-bond acceptors (Lipinski definition) is 7. The highest BCUT2D eigenvalue weighted by atomic mass is 32.2. The molecule has 4 aromatic rings. The molecule has 0 fully saturated rings. The van der Waals surface area contributed by atoms with Gasteiger partial charge in [0.05, 0.1) is 11.3 Å². The number of carbonyl (C=O) groups is 1. The van der Waals surface area contributed by atoms with Crippen LogP contribution in [0.2, 0.25) is 0 Å². The average molecular weight is 411 g/mol. The molecule has 0 spiro atoms. The van der Waals surface area contributed by atoms with E-state index in [0.717, 1.165) is 27.2 Å². The molecule has 3 aromatic heterocycles. The van der Waals surface area contributed by atoms with Crippen LogP contribution in [0.4, 0.5) is 5.82 Å². The lowest BCUT2D eigenvalue weighted by atomic mass is 10.2. The third kappa shape index (κ3) is 3.29. The van der Waals surface area contributed by atoms with E-state index < -0.39 is 11.2 Å². The van der Waals surface area contributed by atoms with Gasteiger partial charge in [-0.05, 0) is 6.07 Å². The minimum absolute atomic E-state index is 0.000525. The quantitative estimate of drug-likeness (QED) is 0.490. The van der Waals surface area contributed by atoms with E-state index in [2.05, 4.69) is 20.5 Å². The highest BCUT2D eigenvalue weighted by molar-refractivity contribution is 7.99. The summed E-state index contributed by atoms with van der Waals surface area (Å²) in [5.41, 5.74) is 1.36. The van der Waals surface area contributed by atoms with Gasteiger partial charge < -0.3 is 9.88 Å². The fourth-order valence-corrected chi connectivity index (χ4v) is 3.60. The zero-order valence-electron chi connectivity index (χ0n) is 15.9. The molecule has 4 rings (SSSR count). The molecular formula is C18H17N7O3S. The Morgan fingerprint density at radius 1 is 1.07 bits per heavy atom. The number of aryl methyl sites for hydroxylation is 1. The molecule has 0 radical (unpaired) electrons. The minimum atomic E-state index is -0.519. The second-order valence-electron chi connectivity index (χ2n) is 6.45. The predicted molar refractivity (Wildman–Crippen MR) is 110 cm³/mol. The molecule has 1 amide bonds. The van der Waals surface area contributed by atoms with E-state index in [1.54, 1.807) is 0 Å². The van der Waals surface area contributed by atoms with Crippen molar-refractivity contribution < 1.29 is 4.79 Å². The number of rotatable bonds is 4. The van der Waals surface area contributed by atoms with E-state index in [4.69, 9.17) is 0 Å². The molecule has 0 bridgehead atoms. The Hall–Kier alpha value is -3.47. The normalized spacial score (nSPS) is 11.3. The number of hydrogen-bond donors (Lipinski definition) is 1. The van der Waals surface area contributed by atoms with Crippen molar-refractivity contribution >= 4 is 45.6 Å². The molecular weight excluding hydrogens is 394 g/mol. The fourth-order valence-electron chi connectivity index (χ4n) is 3.02. The number of nitrogens with one attached hydrogen (secondary N) is 1. The summed E-state index contributed by atoms with van der Waals surface area (Å²) >= 11 is 1.12. The Morgan fingerprint density at radius 3 is 2.62 bits per heavy atom. The first-order valence-electron chi connectivity index (χ1n) is 8.64. The van der Waals surface area contributed by atoms with Crippen LogP contribution in [0.1, 0.15) is 0 Å². The number of aromatic nitrogens is 6. The van der Waals surface area contributed by atoms with Crippen LogP contribution in [-0.4, -0.2) is 40.5 Å². The predicted octanol–water partition coefficient (Wildman–Crippen LogP) is 0.645. The zero-order valence-corrected chi connectivity index (χ0v) is 16.7. The molecule has 0 aliphatic rings. The highest BCUT2D eigenvalue weighted by Crippen LogP contribution is 2.25. The maximum absolute atomic E-state index is 12.3. The number of amides is 1. The molecule has 0 atom stereocenters. The van der Waals surface area contributed by atoms with E-state index in [-0.39, 0.29) is 17.5 Å². The smallest absolute Gasteiger partial charge is 0.327 e. The van der Waals surface area contributed by atoms with Gasteiger partial charge in [-0.15, -0.1) is 10.2 Å². The molecule has 0 saturated carbocycles. The number of para-hydroxylation sites is 1. The monoisotopic (exact) mass is 411 g/mol. The maximum Gasteiger partial charge on any atom is 0.332 e.